The maximum atomic E-state index is 11.9. The zero-order valence-electron chi connectivity index (χ0n) is 9.10. The predicted molar refractivity (Wildman–Crippen MR) is 53.9 cm³/mol. The molecular formula is C10H18N3O+. The third-order valence-corrected chi connectivity index (χ3v) is 2.14. The van der Waals surface area contributed by atoms with Gasteiger partial charge in [-0.3, -0.25) is 0 Å². The minimum absolute atomic E-state index is 0.0509. The Labute approximate surface area is 84.8 Å². The van der Waals surface area contributed by atoms with Gasteiger partial charge in [-0.2, -0.15) is 4.57 Å². The maximum Gasteiger partial charge on any atom is 0.415 e. The highest BCUT2D eigenvalue weighted by Gasteiger charge is 2.17. The standard InChI is InChI=1S/C10H18N3O/c1-4-6-12(5-2)10(14)13-8-7-11(3)9-13/h7-9H,4-6H2,1-3H3/q+1. The summed E-state index contributed by atoms with van der Waals surface area (Å²) in [5.74, 6) is 0. The summed E-state index contributed by atoms with van der Waals surface area (Å²) in [6, 6.07) is 0.0509. The minimum atomic E-state index is 0.0509. The van der Waals surface area contributed by atoms with E-state index in [0.717, 1.165) is 19.5 Å². The molecule has 0 radical (unpaired) electrons. The fraction of sp³-hybridized carbons (Fsp3) is 0.600. The van der Waals surface area contributed by atoms with Crippen molar-refractivity contribution in [1.82, 2.24) is 9.47 Å². The van der Waals surface area contributed by atoms with Crippen molar-refractivity contribution in [1.29, 1.82) is 0 Å². The molecule has 1 heterocycles. The van der Waals surface area contributed by atoms with Crippen molar-refractivity contribution in [3.8, 4) is 0 Å². The lowest BCUT2D eigenvalue weighted by atomic mass is 10.4. The van der Waals surface area contributed by atoms with E-state index in [9.17, 15) is 4.79 Å². The predicted octanol–water partition coefficient (Wildman–Crippen LogP) is 1.01. The lowest BCUT2D eigenvalue weighted by Crippen LogP contribution is -2.35. The molecule has 0 atom stereocenters. The van der Waals surface area contributed by atoms with Crippen molar-refractivity contribution in [2.45, 2.75) is 20.3 Å². The zero-order valence-corrected chi connectivity index (χ0v) is 9.10. The molecule has 0 saturated heterocycles. The van der Waals surface area contributed by atoms with Gasteiger partial charge in [0.05, 0.1) is 7.05 Å². The number of imidazole rings is 1. The number of amides is 1. The number of nitrogens with zero attached hydrogens (tertiary/aromatic N) is 3. The quantitative estimate of drug-likeness (QED) is 0.663. The van der Waals surface area contributed by atoms with E-state index in [1.54, 1.807) is 17.1 Å². The van der Waals surface area contributed by atoms with Crippen LogP contribution in [-0.4, -0.2) is 28.6 Å². The van der Waals surface area contributed by atoms with Crippen LogP contribution in [0.5, 0.6) is 0 Å². The lowest BCUT2D eigenvalue weighted by molar-refractivity contribution is -0.670. The van der Waals surface area contributed by atoms with Gasteiger partial charge in [0.25, 0.3) is 6.33 Å². The summed E-state index contributed by atoms with van der Waals surface area (Å²) in [5.41, 5.74) is 0. The number of carbonyl (C=O) groups is 1. The van der Waals surface area contributed by atoms with Gasteiger partial charge in [0, 0.05) is 13.1 Å². The molecule has 1 amide bonds. The fourth-order valence-electron chi connectivity index (χ4n) is 1.39. The number of hydrogen-bond donors (Lipinski definition) is 0. The lowest BCUT2D eigenvalue weighted by Gasteiger charge is -2.16. The molecule has 78 valence electrons. The molecule has 0 aliphatic heterocycles. The van der Waals surface area contributed by atoms with Crippen LogP contribution in [0.1, 0.15) is 20.3 Å². The first kappa shape index (κ1) is 10.8. The molecule has 0 fully saturated rings. The Morgan fingerprint density at radius 2 is 2.21 bits per heavy atom. The molecule has 1 aromatic rings. The van der Waals surface area contributed by atoms with Gasteiger partial charge in [-0.15, -0.1) is 0 Å². The summed E-state index contributed by atoms with van der Waals surface area (Å²) in [6.45, 7) is 5.65. The van der Waals surface area contributed by atoms with E-state index in [1.807, 2.05) is 29.6 Å². The Kier molecular flexibility index (Phi) is 3.68. The molecule has 0 N–H and O–H groups in total. The van der Waals surface area contributed by atoms with Crippen LogP contribution in [0.2, 0.25) is 0 Å². The molecule has 4 heteroatoms. The summed E-state index contributed by atoms with van der Waals surface area (Å²) >= 11 is 0. The van der Waals surface area contributed by atoms with Crippen LogP contribution in [0.15, 0.2) is 18.7 Å². The number of carbonyl (C=O) groups excluding carboxylic acids is 1. The van der Waals surface area contributed by atoms with Crippen LogP contribution in [-0.2, 0) is 7.05 Å². The van der Waals surface area contributed by atoms with E-state index in [0.29, 0.717) is 0 Å². The number of aryl methyl sites for hydroxylation is 1. The molecule has 0 bridgehead atoms. The van der Waals surface area contributed by atoms with Gasteiger partial charge < -0.3 is 4.90 Å². The highest BCUT2D eigenvalue weighted by molar-refractivity contribution is 5.76. The van der Waals surface area contributed by atoms with E-state index in [-0.39, 0.29) is 6.03 Å². The largest absolute Gasteiger partial charge is 0.415 e. The average Bonchev–Trinajstić information content (AvgIpc) is 2.60. The Morgan fingerprint density at radius 1 is 1.50 bits per heavy atom. The smallest absolute Gasteiger partial charge is 0.305 e. The number of aromatic nitrogens is 2. The van der Waals surface area contributed by atoms with Gasteiger partial charge >= 0.3 is 6.03 Å². The van der Waals surface area contributed by atoms with Gasteiger partial charge in [-0.05, 0) is 13.3 Å². The Bertz CT molecular complexity index is 306. The monoisotopic (exact) mass is 196 g/mol. The molecule has 0 unspecified atom stereocenters. The first-order valence-corrected chi connectivity index (χ1v) is 5.01. The van der Waals surface area contributed by atoms with Crippen LogP contribution >= 0.6 is 0 Å². The van der Waals surface area contributed by atoms with E-state index in [4.69, 9.17) is 0 Å². The molecular weight excluding hydrogens is 178 g/mol. The summed E-state index contributed by atoms with van der Waals surface area (Å²) in [6.07, 6.45) is 6.41. The number of rotatable bonds is 3. The van der Waals surface area contributed by atoms with Gasteiger partial charge in [0.1, 0.15) is 12.4 Å². The van der Waals surface area contributed by atoms with E-state index >= 15 is 0 Å². The summed E-state index contributed by atoms with van der Waals surface area (Å²) < 4.78 is 3.47. The van der Waals surface area contributed by atoms with Crippen LogP contribution in [0.4, 0.5) is 4.79 Å². The Balaban J connectivity index is 2.72. The zero-order chi connectivity index (χ0) is 10.6. The molecule has 0 saturated carbocycles. The SMILES string of the molecule is CCCN(CC)C(=O)n1cc[n+](C)c1. The van der Waals surface area contributed by atoms with Crippen molar-refractivity contribution < 1.29 is 9.36 Å². The van der Waals surface area contributed by atoms with Gasteiger partial charge in [-0.1, -0.05) is 6.92 Å². The molecule has 0 spiro atoms. The van der Waals surface area contributed by atoms with Crippen LogP contribution in [0.25, 0.3) is 0 Å². The molecule has 0 aliphatic carbocycles. The maximum absolute atomic E-state index is 11.9. The van der Waals surface area contributed by atoms with E-state index < -0.39 is 0 Å². The highest BCUT2D eigenvalue weighted by atomic mass is 16.2. The summed E-state index contributed by atoms with van der Waals surface area (Å²) in [5, 5.41) is 0. The molecule has 1 rings (SSSR count). The number of hydrogen-bond acceptors (Lipinski definition) is 1. The van der Waals surface area contributed by atoms with Crippen molar-refractivity contribution in [3.05, 3.63) is 18.7 Å². The van der Waals surface area contributed by atoms with Crippen molar-refractivity contribution in [2.24, 2.45) is 7.05 Å². The summed E-state index contributed by atoms with van der Waals surface area (Å²) in [7, 11) is 1.90. The normalized spacial score (nSPS) is 10.2. The Hall–Kier alpha value is -1.32. The third-order valence-electron chi connectivity index (χ3n) is 2.14. The van der Waals surface area contributed by atoms with Crippen molar-refractivity contribution in [2.75, 3.05) is 13.1 Å². The van der Waals surface area contributed by atoms with Crippen LogP contribution in [0.3, 0.4) is 0 Å². The molecule has 4 nitrogen and oxygen atoms in total. The van der Waals surface area contributed by atoms with Crippen LogP contribution < -0.4 is 4.57 Å². The molecule has 1 aromatic heterocycles. The average molecular weight is 196 g/mol. The van der Waals surface area contributed by atoms with Crippen LogP contribution in [0, 0.1) is 0 Å². The highest BCUT2D eigenvalue weighted by Crippen LogP contribution is 1.96. The molecule has 0 aromatic carbocycles. The second-order valence-electron chi connectivity index (χ2n) is 3.35. The van der Waals surface area contributed by atoms with Gasteiger partial charge in [-0.25, -0.2) is 9.36 Å². The van der Waals surface area contributed by atoms with Crippen molar-refractivity contribution >= 4 is 6.03 Å². The van der Waals surface area contributed by atoms with Gasteiger partial charge in [0.2, 0.25) is 0 Å². The third kappa shape index (κ3) is 2.34. The second-order valence-corrected chi connectivity index (χ2v) is 3.35. The molecule has 14 heavy (non-hydrogen) atoms. The first-order valence-electron chi connectivity index (χ1n) is 5.01. The van der Waals surface area contributed by atoms with E-state index in [2.05, 4.69) is 6.92 Å². The molecule has 0 aliphatic rings. The second kappa shape index (κ2) is 4.79. The Morgan fingerprint density at radius 3 is 2.64 bits per heavy atom. The fourth-order valence-corrected chi connectivity index (χ4v) is 1.39. The summed E-state index contributed by atoms with van der Waals surface area (Å²) in [4.78, 5) is 13.7. The minimum Gasteiger partial charge on any atom is -0.305 e. The first-order chi connectivity index (χ1) is 6.69. The van der Waals surface area contributed by atoms with E-state index in [1.165, 1.54) is 0 Å². The van der Waals surface area contributed by atoms with Gasteiger partial charge in [0.15, 0.2) is 0 Å². The van der Waals surface area contributed by atoms with Crippen molar-refractivity contribution in [3.63, 3.8) is 0 Å². The topological polar surface area (TPSA) is 29.1 Å².